The van der Waals surface area contributed by atoms with Gasteiger partial charge < -0.3 is 14.8 Å². The van der Waals surface area contributed by atoms with Gasteiger partial charge in [-0.2, -0.15) is 0 Å². The highest BCUT2D eigenvalue weighted by Gasteiger charge is 2.34. The summed E-state index contributed by atoms with van der Waals surface area (Å²) in [5, 5.41) is 4.09. The topological polar surface area (TPSA) is 50.8 Å². The predicted octanol–water partition coefficient (Wildman–Crippen LogP) is 7.23. The van der Waals surface area contributed by atoms with E-state index in [2.05, 4.69) is 5.32 Å². The van der Waals surface area contributed by atoms with Crippen LogP contribution in [0.15, 0.2) is 91.0 Å². The van der Waals surface area contributed by atoms with Crippen LogP contribution < -0.4 is 19.7 Å². The molecule has 0 saturated carbocycles. The molecule has 0 fully saturated rings. The van der Waals surface area contributed by atoms with Crippen molar-refractivity contribution < 1.29 is 18.7 Å². The van der Waals surface area contributed by atoms with Crippen LogP contribution in [-0.4, -0.2) is 12.5 Å². The lowest BCUT2D eigenvalue weighted by atomic mass is 10.0. The smallest absolute Gasteiger partial charge is 0.262 e. The Morgan fingerprint density at radius 3 is 2.42 bits per heavy atom. The van der Waals surface area contributed by atoms with Gasteiger partial charge in [-0.15, -0.1) is 0 Å². The molecule has 0 radical (unpaired) electrons. The highest BCUT2D eigenvalue weighted by molar-refractivity contribution is 6.30. The van der Waals surface area contributed by atoms with Gasteiger partial charge in [0.05, 0.1) is 12.2 Å². The lowest BCUT2D eigenvalue weighted by molar-refractivity contribution is 0.0975. The van der Waals surface area contributed by atoms with E-state index in [9.17, 15) is 9.18 Å². The molecule has 0 unspecified atom stereocenters. The molecule has 1 amide bonds. The van der Waals surface area contributed by atoms with E-state index in [0.717, 1.165) is 16.8 Å². The zero-order valence-electron chi connectivity index (χ0n) is 19.6. The molecule has 4 aromatic rings. The summed E-state index contributed by atoms with van der Waals surface area (Å²) in [5.74, 6) is 0.706. The molecule has 4 aromatic carbocycles. The molecule has 1 heterocycles. The maximum absolute atomic E-state index is 13.6. The van der Waals surface area contributed by atoms with Gasteiger partial charge in [0.15, 0.2) is 11.5 Å². The summed E-state index contributed by atoms with van der Waals surface area (Å²) in [7, 11) is 0. The number of para-hydroxylation sites is 1. The first-order valence-corrected chi connectivity index (χ1v) is 12.0. The number of hydrogen-bond donors (Lipinski definition) is 1. The molecule has 36 heavy (non-hydrogen) atoms. The van der Waals surface area contributed by atoms with Gasteiger partial charge in [-0.25, -0.2) is 4.39 Å². The van der Waals surface area contributed by atoms with Gasteiger partial charge in [-0.1, -0.05) is 41.9 Å². The summed E-state index contributed by atoms with van der Waals surface area (Å²) < 4.78 is 25.1. The van der Waals surface area contributed by atoms with Crippen LogP contribution in [0.5, 0.6) is 11.5 Å². The van der Waals surface area contributed by atoms with E-state index in [1.165, 1.54) is 12.1 Å². The number of carbonyl (C=O) groups is 1. The Hall–Kier alpha value is -4.03. The van der Waals surface area contributed by atoms with Gasteiger partial charge in [-0.3, -0.25) is 9.69 Å². The van der Waals surface area contributed by atoms with Crippen molar-refractivity contribution in [3.63, 3.8) is 0 Å². The molecule has 182 valence electrons. The highest BCUT2D eigenvalue weighted by Crippen LogP contribution is 2.39. The van der Waals surface area contributed by atoms with Crippen molar-refractivity contribution in [2.45, 2.75) is 19.7 Å². The molecule has 1 N–H and O–H groups in total. The molecule has 1 aliphatic heterocycles. The fourth-order valence-corrected chi connectivity index (χ4v) is 4.30. The maximum Gasteiger partial charge on any atom is 0.262 e. The van der Waals surface area contributed by atoms with Crippen molar-refractivity contribution in [1.29, 1.82) is 0 Å². The summed E-state index contributed by atoms with van der Waals surface area (Å²) in [4.78, 5) is 15.3. The van der Waals surface area contributed by atoms with Gasteiger partial charge in [-0.05, 0) is 78.7 Å². The summed E-state index contributed by atoms with van der Waals surface area (Å²) in [6.07, 6.45) is -0.487. The van der Waals surface area contributed by atoms with E-state index >= 15 is 0 Å². The Kier molecular flexibility index (Phi) is 6.78. The minimum Gasteiger partial charge on any atom is -0.490 e. The average molecular weight is 503 g/mol. The van der Waals surface area contributed by atoms with Crippen LogP contribution in [-0.2, 0) is 6.61 Å². The Labute approximate surface area is 214 Å². The Morgan fingerprint density at radius 1 is 0.917 bits per heavy atom. The van der Waals surface area contributed by atoms with Gasteiger partial charge in [0.1, 0.15) is 18.6 Å². The predicted molar refractivity (Wildman–Crippen MR) is 139 cm³/mol. The van der Waals surface area contributed by atoms with Crippen LogP contribution in [0.3, 0.4) is 0 Å². The third-order valence-electron chi connectivity index (χ3n) is 5.92. The second kappa shape index (κ2) is 10.3. The molecular weight excluding hydrogens is 479 g/mol. The second-order valence-corrected chi connectivity index (χ2v) is 8.73. The minimum absolute atomic E-state index is 0.119. The first kappa shape index (κ1) is 23.7. The van der Waals surface area contributed by atoms with Crippen LogP contribution >= 0.6 is 11.6 Å². The number of fused-ring (bicyclic) bond motifs is 1. The number of halogens is 2. The molecule has 5 rings (SSSR count). The minimum atomic E-state index is -0.487. The van der Waals surface area contributed by atoms with E-state index in [1.807, 2.05) is 61.5 Å². The summed E-state index contributed by atoms with van der Waals surface area (Å²) in [5.41, 5.74) is 3.73. The molecule has 0 saturated heterocycles. The van der Waals surface area contributed by atoms with Gasteiger partial charge in [0.25, 0.3) is 5.91 Å². The number of ether oxygens (including phenoxy) is 2. The Morgan fingerprint density at radius 2 is 1.67 bits per heavy atom. The van der Waals surface area contributed by atoms with E-state index in [0.29, 0.717) is 34.4 Å². The Balaban J connectivity index is 1.50. The van der Waals surface area contributed by atoms with Crippen LogP contribution in [0.25, 0.3) is 0 Å². The van der Waals surface area contributed by atoms with Crippen LogP contribution in [0.2, 0.25) is 5.02 Å². The van der Waals surface area contributed by atoms with E-state index < -0.39 is 6.17 Å². The molecule has 1 atom stereocenters. The van der Waals surface area contributed by atoms with Gasteiger partial charge in [0, 0.05) is 16.4 Å². The van der Waals surface area contributed by atoms with Crippen molar-refractivity contribution >= 4 is 28.9 Å². The number of carbonyl (C=O) groups excluding carboxylic acids is 1. The largest absolute Gasteiger partial charge is 0.490 e. The number of amides is 1. The van der Waals surface area contributed by atoms with Gasteiger partial charge >= 0.3 is 0 Å². The summed E-state index contributed by atoms with van der Waals surface area (Å²) in [6, 6.07) is 26.4. The van der Waals surface area contributed by atoms with E-state index in [4.69, 9.17) is 21.1 Å². The number of nitrogens with zero attached hydrogens (tertiary/aromatic N) is 1. The SMILES string of the molecule is CCOc1cc([C@H]2Nc3ccccc3C(=O)N2c2ccc(Cl)cc2)ccc1OCc1ccc(F)cc1. The average Bonchev–Trinajstić information content (AvgIpc) is 2.90. The quantitative estimate of drug-likeness (QED) is 0.289. The van der Waals surface area contributed by atoms with Crippen molar-refractivity contribution in [3.8, 4) is 11.5 Å². The standard InChI is InChI=1S/C29H24ClFN2O3/c1-2-35-27-17-20(9-16-26(27)36-18-19-7-12-22(31)13-8-19)28-32-25-6-4-3-5-24(25)29(34)33(28)23-14-10-21(30)11-15-23/h3-17,28,32H,2,18H2,1H3/t28-/m0/s1. The molecule has 0 aliphatic carbocycles. The third kappa shape index (κ3) is 4.86. The number of nitrogens with one attached hydrogen (secondary N) is 1. The zero-order valence-corrected chi connectivity index (χ0v) is 20.3. The van der Waals surface area contributed by atoms with Crippen LogP contribution in [0, 0.1) is 5.82 Å². The zero-order chi connectivity index (χ0) is 25.1. The third-order valence-corrected chi connectivity index (χ3v) is 6.17. The number of rotatable bonds is 7. The number of anilines is 2. The summed E-state index contributed by atoms with van der Waals surface area (Å²) >= 11 is 6.11. The second-order valence-electron chi connectivity index (χ2n) is 8.30. The fraction of sp³-hybridized carbons (Fsp3) is 0.138. The van der Waals surface area contributed by atoms with Crippen LogP contribution in [0.1, 0.15) is 34.6 Å². The van der Waals surface area contributed by atoms with Crippen molar-refractivity contribution in [1.82, 2.24) is 0 Å². The highest BCUT2D eigenvalue weighted by atomic mass is 35.5. The monoisotopic (exact) mass is 502 g/mol. The van der Waals surface area contributed by atoms with Crippen molar-refractivity contribution in [2.75, 3.05) is 16.8 Å². The first-order chi connectivity index (χ1) is 17.5. The van der Waals surface area contributed by atoms with E-state index in [-0.39, 0.29) is 18.3 Å². The Bertz CT molecular complexity index is 1380. The normalized spacial score (nSPS) is 14.7. The molecule has 0 spiro atoms. The van der Waals surface area contributed by atoms with Crippen LogP contribution in [0.4, 0.5) is 15.8 Å². The van der Waals surface area contributed by atoms with Crippen molar-refractivity contribution in [2.24, 2.45) is 0 Å². The maximum atomic E-state index is 13.6. The lowest BCUT2D eigenvalue weighted by Gasteiger charge is -2.38. The first-order valence-electron chi connectivity index (χ1n) is 11.6. The van der Waals surface area contributed by atoms with Crippen molar-refractivity contribution in [3.05, 3.63) is 119 Å². The van der Waals surface area contributed by atoms with E-state index in [1.54, 1.807) is 29.2 Å². The molecule has 7 heteroatoms. The molecule has 1 aliphatic rings. The fourth-order valence-electron chi connectivity index (χ4n) is 4.18. The molecule has 5 nitrogen and oxygen atoms in total. The summed E-state index contributed by atoms with van der Waals surface area (Å²) in [6.45, 7) is 2.61. The number of benzene rings is 4. The molecule has 0 aromatic heterocycles. The van der Waals surface area contributed by atoms with Gasteiger partial charge in [0.2, 0.25) is 0 Å². The molecular formula is C29H24ClFN2O3. The molecule has 0 bridgehead atoms. The number of hydrogen-bond acceptors (Lipinski definition) is 4. The lowest BCUT2D eigenvalue weighted by Crippen LogP contribution is -2.43.